The third-order valence-corrected chi connectivity index (χ3v) is 6.19. The van der Waals surface area contributed by atoms with Crippen LogP contribution in [0.1, 0.15) is 49.4 Å². The van der Waals surface area contributed by atoms with Crippen LogP contribution in [0.4, 0.5) is 0 Å². The zero-order chi connectivity index (χ0) is 18.4. The van der Waals surface area contributed by atoms with Gasteiger partial charge in [-0.2, -0.15) is 4.31 Å². The zero-order valence-electron chi connectivity index (χ0n) is 14.3. The number of carboxylic acid groups (broad SMARTS) is 1. The molecule has 1 aliphatic heterocycles. The minimum atomic E-state index is -3.72. The van der Waals surface area contributed by atoms with Crippen molar-refractivity contribution in [3.8, 4) is 0 Å². The number of aliphatic carboxylic acids is 1. The van der Waals surface area contributed by atoms with E-state index in [1.54, 1.807) is 19.1 Å². The topological polar surface area (TPSA) is 104 Å². The molecule has 0 aliphatic carbocycles. The van der Waals surface area contributed by atoms with Gasteiger partial charge in [0.2, 0.25) is 10.0 Å². The molecule has 1 aromatic carbocycles. The fourth-order valence-electron chi connectivity index (χ4n) is 2.84. The van der Waals surface area contributed by atoms with Crippen molar-refractivity contribution in [1.82, 2.24) is 9.62 Å². The molecule has 0 spiro atoms. The summed E-state index contributed by atoms with van der Waals surface area (Å²) in [4.78, 5) is 23.1. The van der Waals surface area contributed by atoms with Gasteiger partial charge in [0.1, 0.15) is 0 Å². The molecule has 25 heavy (non-hydrogen) atoms. The first-order valence-corrected chi connectivity index (χ1v) is 9.88. The van der Waals surface area contributed by atoms with E-state index in [0.717, 1.165) is 19.3 Å². The van der Waals surface area contributed by atoms with Gasteiger partial charge >= 0.3 is 5.97 Å². The number of hydrogen-bond donors (Lipinski definition) is 2. The maximum atomic E-state index is 12.9. The first-order valence-electron chi connectivity index (χ1n) is 8.44. The fraction of sp³-hybridized carbons (Fsp3) is 0.529. The number of carbonyl (C=O) groups excluding carboxylic acids is 1. The summed E-state index contributed by atoms with van der Waals surface area (Å²) in [5.74, 6) is -1.44. The second-order valence-electron chi connectivity index (χ2n) is 6.27. The molecule has 7 nitrogen and oxygen atoms in total. The van der Waals surface area contributed by atoms with Gasteiger partial charge < -0.3 is 10.4 Å². The van der Waals surface area contributed by atoms with Crippen LogP contribution in [0, 0.1) is 0 Å². The number of sulfonamides is 1. The average molecular weight is 368 g/mol. The molecule has 1 aliphatic rings. The first kappa shape index (κ1) is 19.4. The fourth-order valence-corrected chi connectivity index (χ4v) is 4.54. The normalized spacial score (nSPS) is 17.0. The first-order chi connectivity index (χ1) is 11.8. The van der Waals surface area contributed by atoms with Gasteiger partial charge in [-0.05, 0) is 38.3 Å². The molecule has 1 amide bonds. The van der Waals surface area contributed by atoms with E-state index in [4.69, 9.17) is 5.11 Å². The molecule has 1 unspecified atom stereocenters. The Bertz CT molecular complexity index is 726. The molecule has 1 atom stereocenters. The maximum Gasteiger partial charge on any atom is 0.303 e. The van der Waals surface area contributed by atoms with Gasteiger partial charge in [-0.25, -0.2) is 8.42 Å². The number of piperidine rings is 1. The Hall–Kier alpha value is -1.93. The van der Waals surface area contributed by atoms with Crippen molar-refractivity contribution in [1.29, 1.82) is 0 Å². The number of carboxylic acids is 1. The lowest BCUT2D eigenvalue weighted by molar-refractivity contribution is -0.137. The van der Waals surface area contributed by atoms with Crippen LogP contribution in [-0.4, -0.2) is 48.8 Å². The van der Waals surface area contributed by atoms with Crippen LogP contribution >= 0.6 is 0 Å². The highest BCUT2D eigenvalue weighted by Gasteiger charge is 2.29. The SMILES string of the molecule is CC(CCC(=O)O)NC(=O)c1ccccc1S(=O)(=O)N1CCCCC1. The lowest BCUT2D eigenvalue weighted by Gasteiger charge is -2.26. The van der Waals surface area contributed by atoms with E-state index in [0.29, 0.717) is 13.1 Å². The summed E-state index contributed by atoms with van der Waals surface area (Å²) in [6.07, 6.45) is 2.87. The summed E-state index contributed by atoms with van der Waals surface area (Å²) in [5.41, 5.74) is 0.0928. The molecular formula is C17H24N2O5S. The molecule has 138 valence electrons. The Balaban J connectivity index is 2.19. The molecule has 0 aromatic heterocycles. The van der Waals surface area contributed by atoms with Crippen molar-refractivity contribution in [2.45, 2.75) is 50.0 Å². The highest BCUT2D eigenvalue weighted by molar-refractivity contribution is 7.89. The summed E-state index contributed by atoms with van der Waals surface area (Å²) in [6.45, 7) is 2.63. The maximum absolute atomic E-state index is 12.9. The quantitative estimate of drug-likeness (QED) is 0.764. The van der Waals surface area contributed by atoms with E-state index in [1.165, 1.54) is 16.4 Å². The van der Waals surface area contributed by atoms with Gasteiger partial charge in [-0.15, -0.1) is 0 Å². The number of hydrogen-bond acceptors (Lipinski definition) is 4. The van der Waals surface area contributed by atoms with E-state index in [2.05, 4.69) is 5.32 Å². The highest BCUT2D eigenvalue weighted by Crippen LogP contribution is 2.23. The Morgan fingerprint density at radius 1 is 1.20 bits per heavy atom. The number of benzene rings is 1. The molecule has 1 fully saturated rings. The Morgan fingerprint density at radius 2 is 1.84 bits per heavy atom. The summed E-state index contributed by atoms with van der Waals surface area (Å²) >= 11 is 0. The van der Waals surface area contributed by atoms with Gasteiger partial charge in [-0.1, -0.05) is 18.6 Å². The summed E-state index contributed by atoms with van der Waals surface area (Å²) < 4.78 is 27.2. The Morgan fingerprint density at radius 3 is 2.48 bits per heavy atom. The van der Waals surface area contributed by atoms with Gasteiger partial charge in [0.25, 0.3) is 5.91 Å². The number of rotatable bonds is 7. The molecular weight excluding hydrogens is 344 g/mol. The standard InChI is InChI=1S/C17H24N2O5S/c1-13(9-10-16(20)21)18-17(22)14-7-3-4-8-15(14)25(23,24)19-11-5-2-6-12-19/h3-4,7-8,13H,2,5-6,9-12H2,1H3,(H,18,22)(H,20,21). The molecule has 0 radical (unpaired) electrons. The van der Waals surface area contributed by atoms with Crippen LogP contribution in [0.5, 0.6) is 0 Å². The molecule has 8 heteroatoms. The number of amides is 1. The predicted octanol–water partition coefficient (Wildman–Crippen LogP) is 1.84. The molecule has 1 heterocycles. The van der Waals surface area contributed by atoms with Crippen LogP contribution in [0.15, 0.2) is 29.2 Å². The third kappa shape index (κ3) is 5.02. The van der Waals surface area contributed by atoms with E-state index in [9.17, 15) is 18.0 Å². The number of nitrogens with zero attached hydrogens (tertiary/aromatic N) is 1. The minimum absolute atomic E-state index is 0.000153. The van der Waals surface area contributed by atoms with Gasteiger partial charge in [0.05, 0.1) is 10.5 Å². The van der Waals surface area contributed by atoms with Crippen molar-refractivity contribution in [3.05, 3.63) is 29.8 Å². The van der Waals surface area contributed by atoms with Crippen LogP contribution in [0.2, 0.25) is 0 Å². The van der Waals surface area contributed by atoms with E-state index in [-0.39, 0.29) is 29.3 Å². The molecule has 1 aromatic rings. The molecule has 2 rings (SSSR count). The lowest BCUT2D eigenvalue weighted by atomic mass is 10.1. The van der Waals surface area contributed by atoms with E-state index in [1.807, 2.05) is 0 Å². The predicted molar refractivity (Wildman–Crippen MR) is 92.8 cm³/mol. The lowest BCUT2D eigenvalue weighted by Crippen LogP contribution is -2.38. The van der Waals surface area contributed by atoms with Crippen LogP contribution in [0.25, 0.3) is 0 Å². The van der Waals surface area contributed by atoms with Crippen molar-refractivity contribution in [3.63, 3.8) is 0 Å². The molecule has 0 bridgehead atoms. The molecule has 0 saturated carbocycles. The Labute approximate surface area is 148 Å². The van der Waals surface area contributed by atoms with Gasteiger partial charge in [0, 0.05) is 25.6 Å². The third-order valence-electron chi connectivity index (χ3n) is 4.23. The van der Waals surface area contributed by atoms with E-state index < -0.39 is 21.9 Å². The van der Waals surface area contributed by atoms with Crippen LogP contribution < -0.4 is 5.32 Å². The smallest absolute Gasteiger partial charge is 0.303 e. The zero-order valence-corrected chi connectivity index (χ0v) is 15.1. The van der Waals surface area contributed by atoms with Gasteiger partial charge in [0.15, 0.2) is 0 Å². The summed E-state index contributed by atoms with van der Waals surface area (Å²) in [6, 6.07) is 5.78. The summed E-state index contributed by atoms with van der Waals surface area (Å²) in [7, 11) is -3.72. The van der Waals surface area contributed by atoms with Crippen molar-refractivity contribution < 1.29 is 23.1 Å². The number of carbonyl (C=O) groups is 2. The number of nitrogens with one attached hydrogen (secondary N) is 1. The monoisotopic (exact) mass is 368 g/mol. The van der Waals surface area contributed by atoms with Crippen molar-refractivity contribution in [2.75, 3.05) is 13.1 Å². The minimum Gasteiger partial charge on any atom is -0.481 e. The average Bonchev–Trinajstić information content (AvgIpc) is 2.60. The highest BCUT2D eigenvalue weighted by atomic mass is 32.2. The van der Waals surface area contributed by atoms with E-state index >= 15 is 0 Å². The second-order valence-corrected chi connectivity index (χ2v) is 8.17. The largest absolute Gasteiger partial charge is 0.481 e. The summed E-state index contributed by atoms with van der Waals surface area (Å²) in [5, 5.41) is 11.4. The Kier molecular flexibility index (Phi) is 6.55. The van der Waals surface area contributed by atoms with Crippen LogP contribution in [-0.2, 0) is 14.8 Å². The van der Waals surface area contributed by atoms with Gasteiger partial charge in [-0.3, -0.25) is 9.59 Å². The van der Waals surface area contributed by atoms with Crippen molar-refractivity contribution >= 4 is 21.9 Å². The van der Waals surface area contributed by atoms with Crippen LogP contribution in [0.3, 0.4) is 0 Å². The second kappa shape index (κ2) is 8.44. The molecule has 1 saturated heterocycles. The van der Waals surface area contributed by atoms with Crippen molar-refractivity contribution in [2.24, 2.45) is 0 Å². The molecule has 2 N–H and O–H groups in total.